The van der Waals surface area contributed by atoms with Gasteiger partial charge in [0.05, 0.1) is 15.7 Å². The highest BCUT2D eigenvalue weighted by atomic mass is 79.9. The van der Waals surface area contributed by atoms with Crippen molar-refractivity contribution in [3.63, 3.8) is 0 Å². The number of halogens is 3. The average Bonchev–Trinajstić information content (AvgIpc) is 2.36. The number of rotatable bonds is 3. The SMILES string of the molecule is Clc1c(Br)ccc(NCC2CCOCC2)c1Cl. The third kappa shape index (κ3) is 3.50. The maximum absolute atomic E-state index is 6.17. The molecule has 17 heavy (non-hydrogen) atoms. The Hall–Kier alpha value is 0.0400. The third-order valence-electron chi connectivity index (χ3n) is 2.96. The van der Waals surface area contributed by atoms with Gasteiger partial charge >= 0.3 is 0 Å². The molecule has 2 nitrogen and oxygen atoms in total. The highest BCUT2D eigenvalue weighted by molar-refractivity contribution is 9.10. The van der Waals surface area contributed by atoms with E-state index < -0.39 is 0 Å². The fourth-order valence-electron chi connectivity index (χ4n) is 1.87. The van der Waals surface area contributed by atoms with Crippen molar-refractivity contribution in [2.45, 2.75) is 12.8 Å². The van der Waals surface area contributed by atoms with Gasteiger partial charge in [0.2, 0.25) is 0 Å². The second-order valence-electron chi connectivity index (χ2n) is 4.16. The van der Waals surface area contributed by atoms with Crippen molar-refractivity contribution in [3.05, 3.63) is 26.7 Å². The molecule has 2 rings (SSSR count). The summed E-state index contributed by atoms with van der Waals surface area (Å²) in [4.78, 5) is 0. The smallest absolute Gasteiger partial charge is 0.0835 e. The van der Waals surface area contributed by atoms with Gasteiger partial charge in [0.15, 0.2) is 0 Å². The number of hydrogen-bond acceptors (Lipinski definition) is 2. The maximum atomic E-state index is 6.17. The fourth-order valence-corrected chi connectivity index (χ4v) is 2.71. The monoisotopic (exact) mass is 337 g/mol. The molecule has 1 aromatic rings. The minimum absolute atomic E-state index is 0.559. The van der Waals surface area contributed by atoms with Crippen LogP contribution in [0.1, 0.15) is 12.8 Å². The summed E-state index contributed by atoms with van der Waals surface area (Å²) in [6.07, 6.45) is 2.21. The van der Waals surface area contributed by atoms with Crippen LogP contribution in [0.25, 0.3) is 0 Å². The van der Waals surface area contributed by atoms with Crippen molar-refractivity contribution >= 4 is 44.8 Å². The van der Waals surface area contributed by atoms with E-state index in [2.05, 4.69) is 21.2 Å². The molecule has 0 amide bonds. The minimum Gasteiger partial charge on any atom is -0.384 e. The number of nitrogens with one attached hydrogen (secondary N) is 1. The van der Waals surface area contributed by atoms with Gasteiger partial charge in [-0.25, -0.2) is 0 Å². The zero-order valence-electron chi connectivity index (χ0n) is 9.31. The fraction of sp³-hybridized carbons (Fsp3) is 0.500. The molecule has 1 aliphatic heterocycles. The molecule has 1 fully saturated rings. The molecular weight excluding hydrogens is 325 g/mol. The van der Waals surface area contributed by atoms with Crippen LogP contribution in [0.5, 0.6) is 0 Å². The van der Waals surface area contributed by atoms with E-state index >= 15 is 0 Å². The van der Waals surface area contributed by atoms with Crippen LogP contribution in [0.2, 0.25) is 10.0 Å². The standard InChI is InChI=1S/C12H14BrCl2NO/c13-9-1-2-10(12(15)11(9)14)16-7-8-3-5-17-6-4-8/h1-2,8,16H,3-7H2. The molecule has 0 unspecified atom stereocenters. The molecule has 1 aromatic carbocycles. The molecule has 94 valence electrons. The molecule has 0 bridgehead atoms. The summed E-state index contributed by atoms with van der Waals surface area (Å²) < 4.78 is 6.15. The van der Waals surface area contributed by atoms with Crippen molar-refractivity contribution in [3.8, 4) is 0 Å². The predicted octanol–water partition coefficient (Wildman–Crippen LogP) is 4.59. The molecule has 0 aliphatic carbocycles. The van der Waals surface area contributed by atoms with Gasteiger partial charge in [-0.2, -0.15) is 0 Å². The van der Waals surface area contributed by atoms with Crippen LogP contribution < -0.4 is 5.32 Å². The molecule has 5 heteroatoms. The lowest BCUT2D eigenvalue weighted by Crippen LogP contribution is -2.22. The first-order chi connectivity index (χ1) is 8.18. The molecule has 0 radical (unpaired) electrons. The third-order valence-corrected chi connectivity index (χ3v) is 4.73. The number of benzene rings is 1. The van der Waals surface area contributed by atoms with Gasteiger partial charge in [-0.15, -0.1) is 0 Å². The molecule has 0 aromatic heterocycles. The van der Waals surface area contributed by atoms with E-state index in [-0.39, 0.29) is 0 Å². The Bertz CT molecular complexity index is 394. The lowest BCUT2D eigenvalue weighted by molar-refractivity contribution is 0.0699. The molecule has 0 atom stereocenters. The minimum atomic E-state index is 0.559. The molecule has 0 saturated carbocycles. The molecule has 1 saturated heterocycles. The van der Waals surface area contributed by atoms with E-state index in [9.17, 15) is 0 Å². The Morgan fingerprint density at radius 3 is 2.65 bits per heavy atom. The summed E-state index contributed by atoms with van der Waals surface area (Å²) >= 11 is 15.6. The Kier molecular flexibility index (Phi) is 4.97. The second-order valence-corrected chi connectivity index (χ2v) is 5.77. The van der Waals surface area contributed by atoms with Gasteiger partial charge < -0.3 is 10.1 Å². The van der Waals surface area contributed by atoms with E-state index in [1.54, 1.807) is 0 Å². The molecule has 1 heterocycles. The van der Waals surface area contributed by atoms with Gasteiger partial charge in [-0.05, 0) is 46.8 Å². The maximum Gasteiger partial charge on any atom is 0.0835 e. The normalized spacial score (nSPS) is 17.1. The van der Waals surface area contributed by atoms with E-state index in [4.69, 9.17) is 27.9 Å². The molecule has 0 spiro atoms. The van der Waals surface area contributed by atoms with Gasteiger partial charge in [-0.1, -0.05) is 23.2 Å². The Morgan fingerprint density at radius 2 is 1.94 bits per heavy atom. The van der Waals surface area contributed by atoms with Crippen molar-refractivity contribution in [2.24, 2.45) is 5.92 Å². The topological polar surface area (TPSA) is 21.3 Å². The van der Waals surface area contributed by atoms with E-state index in [1.807, 2.05) is 12.1 Å². The van der Waals surface area contributed by atoms with Crippen LogP contribution in [-0.4, -0.2) is 19.8 Å². The van der Waals surface area contributed by atoms with E-state index in [0.717, 1.165) is 42.8 Å². The summed E-state index contributed by atoms with van der Waals surface area (Å²) in [6.45, 7) is 2.64. The molecule has 1 aliphatic rings. The van der Waals surface area contributed by atoms with Gasteiger partial charge in [0.1, 0.15) is 0 Å². The summed E-state index contributed by atoms with van der Waals surface area (Å²) in [5.41, 5.74) is 0.895. The molecule has 1 N–H and O–H groups in total. The number of anilines is 1. The zero-order valence-corrected chi connectivity index (χ0v) is 12.4. The van der Waals surface area contributed by atoms with Crippen LogP contribution in [0.15, 0.2) is 16.6 Å². The van der Waals surface area contributed by atoms with E-state index in [0.29, 0.717) is 16.0 Å². The summed E-state index contributed by atoms with van der Waals surface area (Å²) in [5.74, 6) is 0.655. The van der Waals surface area contributed by atoms with Crippen molar-refractivity contribution in [1.82, 2.24) is 0 Å². The summed E-state index contributed by atoms with van der Waals surface area (Å²) in [7, 11) is 0. The van der Waals surface area contributed by atoms with Crippen LogP contribution in [0, 0.1) is 5.92 Å². The molecular formula is C12H14BrCl2NO. The van der Waals surface area contributed by atoms with Crippen molar-refractivity contribution < 1.29 is 4.74 Å². The van der Waals surface area contributed by atoms with Crippen molar-refractivity contribution in [1.29, 1.82) is 0 Å². The largest absolute Gasteiger partial charge is 0.384 e. The number of ether oxygens (including phenoxy) is 1. The van der Waals surface area contributed by atoms with Crippen LogP contribution in [0.4, 0.5) is 5.69 Å². The van der Waals surface area contributed by atoms with Crippen LogP contribution in [-0.2, 0) is 4.74 Å². The first kappa shape index (κ1) is 13.5. The second kappa shape index (κ2) is 6.28. The Labute approximate surface area is 120 Å². The summed E-state index contributed by atoms with van der Waals surface area (Å²) in [5, 5.41) is 4.49. The van der Waals surface area contributed by atoms with Gasteiger partial charge in [-0.3, -0.25) is 0 Å². The Morgan fingerprint density at radius 1 is 1.24 bits per heavy atom. The van der Waals surface area contributed by atoms with Crippen LogP contribution in [0.3, 0.4) is 0 Å². The summed E-state index contributed by atoms with van der Waals surface area (Å²) in [6, 6.07) is 3.85. The lowest BCUT2D eigenvalue weighted by Gasteiger charge is -2.23. The lowest BCUT2D eigenvalue weighted by atomic mass is 10.0. The van der Waals surface area contributed by atoms with Gasteiger partial charge in [0, 0.05) is 24.2 Å². The highest BCUT2D eigenvalue weighted by Crippen LogP contribution is 2.36. The average molecular weight is 339 g/mol. The highest BCUT2D eigenvalue weighted by Gasteiger charge is 2.14. The zero-order chi connectivity index (χ0) is 12.3. The Balaban J connectivity index is 1.96. The predicted molar refractivity (Wildman–Crippen MR) is 76.2 cm³/mol. The van der Waals surface area contributed by atoms with Gasteiger partial charge in [0.25, 0.3) is 0 Å². The van der Waals surface area contributed by atoms with E-state index in [1.165, 1.54) is 0 Å². The quantitative estimate of drug-likeness (QED) is 0.813. The number of hydrogen-bond donors (Lipinski definition) is 1. The first-order valence-electron chi connectivity index (χ1n) is 5.63. The van der Waals surface area contributed by atoms with Crippen LogP contribution >= 0.6 is 39.1 Å². The first-order valence-corrected chi connectivity index (χ1v) is 7.18. The van der Waals surface area contributed by atoms with Crippen molar-refractivity contribution in [2.75, 3.05) is 25.1 Å².